The van der Waals surface area contributed by atoms with Gasteiger partial charge in [-0.15, -0.1) is 0 Å². The normalized spacial score (nSPS) is 13.9. The lowest BCUT2D eigenvalue weighted by Crippen LogP contribution is -2.47. The zero-order valence-corrected chi connectivity index (χ0v) is 21.0. The Kier molecular flexibility index (Phi) is 8.55. The van der Waals surface area contributed by atoms with Crippen LogP contribution in [0.3, 0.4) is 0 Å². The van der Waals surface area contributed by atoms with Crippen molar-refractivity contribution in [2.24, 2.45) is 7.05 Å². The summed E-state index contributed by atoms with van der Waals surface area (Å²) in [7, 11) is 1.30. The summed E-state index contributed by atoms with van der Waals surface area (Å²) in [4.78, 5) is 23.1. The van der Waals surface area contributed by atoms with Gasteiger partial charge in [0.2, 0.25) is 5.56 Å². The average Bonchev–Trinajstić information content (AvgIpc) is 2.84. The van der Waals surface area contributed by atoms with E-state index in [2.05, 4.69) is 0 Å². The Labute approximate surface area is 216 Å². The van der Waals surface area contributed by atoms with Gasteiger partial charge in [-0.3, -0.25) is 4.79 Å². The number of carbonyl (C=O) groups excluding carboxylic acids is 1. The Bertz CT molecular complexity index is 1310. The summed E-state index contributed by atoms with van der Waals surface area (Å²) in [5.74, 6) is -0.980. The Balaban J connectivity index is 1.81. The first kappa shape index (κ1) is 28.1. The summed E-state index contributed by atoms with van der Waals surface area (Å²) >= 11 is 6.33. The second-order valence-electron chi connectivity index (χ2n) is 8.20. The van der Waals surface area contributed by atoms with E-state index in [1.807, 2.05) is 0 Å². The lowest BCUT2D eigenvalue weighted by Gasteiger charge is -2.37. The molecule has 0 radical (unpaired) electrons. The highest BCUT2D eigenvalue weighted by molar-refractivity contribution is 6.31. The van der Waals surface area contributed by atoms with Crippen molar-refractivity contribution < 1.29 is 37.3 Å². The van der Waals surface area contributed by atoms with Gasteiger partial charge in [-0.2, -0.15) is 13.2 Å². The van der Waals surface area contributed by atoms with Crippen LogP contribution in [0.25, 0.3) is 0 Å². The Hall–Kier alpha value is -3.50. The molecule has 3 rings (SSSR count). The van der Waals surface area contributed by atoms with Crippen LogP contribution in [0.15, 0.2) is 65.6 Å². The van der Waals surface area contributed by atoms with E-state index < -0.39 is 34.8 Å². The van der Waals surface area contributed by atoms with E-state index >= 15 is 0 Å². The summed E-state index contributed by atoms with van der Waals surface area (Å²) in [5, 5.41) is 10.9. The standard InChI is InChI=1S/C26H25ClF3NO6/c1-4-35-24(33)15-36-18-6-8-19(9-7-18)37-20-10-11-21(22(27)13-20)16(2)25(34,26(28,29)30)17-5-12-23(32)31(3)14-17/h5-14,16,34H,4,15H2,1-3H3. The van der Waals surface area contributed by atoms with Crippen LogP contribution in [0.5, 0.6) is 17.2 Å². The van der Waals surface area contributed by atoms with Crippen LogP contribution in [0.1, 0.15) is 30.9 Å². The van der Waals surface area contributed by atoms with Gasteiger partial charge >= 0.3 is 12.1 Å². The Morgan fingerprint density at radius 1 is 1.05 bits per heavy atom. The van der Waals surface area contributed by atoms with Gasteiger partial charge in [0.15, 0.2) is 12.2 Å². The first-order chi connectivity index (χ1) is 17.4. The molecule has 0 saturated heterocycles. The van der Waals surface area contributed by atoms with Gasteiger partial charge < -0.3 is 23.9 Å². The smallest absolute Gasteiger partial charge is 0.422 e. The Morgan fingerprint density at radius 2 is 1.68 bits per heavy atom. The molecule has 198 valence electrons. The van der Waals surface area contributed by atoms with Gasteiger partial charge in [0, 0.05) is 35.8 Å². The van der Waals surface area contributed by atoms with E-state index in [1.54, 1.807) is 31.2 Å². The quantitative estimate of drug-likeness (QED) is 0.370. The summed E-state index contributed by atoms with van der Waals surface area (Å²) in [5.41, 5.74) is -4.29. The van der Waals surface area contributed by atoms with Crippen LogP contribution in [0.4, 0.5) is 13.2 Å². The number of aromatic nitrogens is 1. The topological polar surface area (TPSA) is 87.0 Å². The van der Waals surface area contributed by atoms with Crippen LogP contribution in [0, 0.1) is 0 Å². The van der Waals surface area contributed by atoms with Crippen LogP contribution in [0.2, 0.25) is 5.02 Å². The van der Waals surface area contributed by atoms with Gasteiger partial charge in [0.1, 0.15) is 17.2 Å². The van der Waals surface area contributed by atoms with E-state index in [1.165, 1.54) is 32.2 Å². The van der Waals surface area contributed by atoms with Gasteiger partial charge in [0.25, 0.3) is 0 Å². The molecule has 3 aromatic rings. The van der Waals surface area contributed by atoms with E-state index in [0.29, 0.717) is 11.5 Å². The molecule has 2 atom stereocenters. The molecule has 7 nitrogen and oxygen atoms in total. The number of hydrogen-bond donors (Lipinski definition) is 1. The fourth-order valence-corrected chi connectivity index (χ4v) is 4.05. The predicted molar refractivity (Wildman–Crippen MR) is 130 cm³/mol. The minimum Gasteiger partial charge on any atom is -0.482 e. The molecule has 2 unspecified atom stereocenters. The summed E-state index contributed by atoms with van der Waals surface area (Å²) in [6, 6.07) is 12.3. The van der Waals surface area contributed by atoms with Crippen molar-refractivity contribution in [1.29, 1.82) is 0 Å². The molecule has 1 heterocycles. The van der Waals surface area contributed by atoms with Crippen LogP contribution in [-0.2, 0) is 22.2 Å². The van der Waals surface area contributed by atoms with Crippen molar-refractivity contribution in [3.63, 3.8) is 0 Å². The van der Waals surface area contributed by atoms with Crippen LogP contribution in [-0.4, -0.2) is 35.0 Å². The number of pyridine rings is 1. The third-order valence-corrected chi connectivity index (χ3v) is 6.07. The summed E-state index contributed by atoms with van der Waals surface area (Å²) in [6.45, 7) is 2.90. The first-order valence-electron chi connectivity index (χ1n) is 11.2. The molecule has 1 N–H and O–H groups in total. The maximum atomic E-state index is 14.2. The molecule has 37 heavy (non-hydrogen) atoms. The number of alkyl halides is 3. The van der Waals surface area contributed by atoms with E-state index in [-0.39, 0.29) is 29.5 Å². The maximum absolute atomic E-state index is 14.2. The second kappa shape index (κ2) is 11.3. The molecule has 0 spiro atoms. The number of aryl methyl sites for hydroxylation is 1. The molecular weight excluding hydrogens is 515 g/mol. The van der Waals surface area contributed by atoms with Crippen LogP contribution >= 0.6 is 11.6 Å². The number of nitrogens with zero attached hydrogens (tertiary/aromatic N) is 1. The number of ether oxygens (including phenoxy) is 3. The fourth-order valence-electron chi connectivity index (χ4n) is 3.71. The lowest BCUT2D eigenvalue weighted by atomic mass is 9.78. The number of esters is 1. The molecular formula is C26H25ClF3NO6. The predicted octanol–water partition coefficient (Wildman–Crippen LogP) is 5.33. The van der Waals surface area contributed by atoms with E-state index in [0.717, 1.165) is 22.9 Å². The van der Waals surface area contributed by atoms with Crippen molar-refractivity contribution in [3.05, 3.63) is 87.3 Å². The summed E-state index contributed by atoms with van der Waals surface area (Å²) < 4.78 is 59.3. The number of carbonyl (C=O) groups is 1. The minimum absolute atomic E-state index is 0.0328. The van der Waals surface area contributed by atoms with Crippen molar-refractivity contribution in [1.82, 2.24) is 4.57 Å². The van der Waals surface area contributed by atoms with Crippen molar-refractivity contribution in [3.8, 4) is 17.2 Å². The van der Waals surface area contributed by atoms with E-state index in [4.69, 9.17) is 25.8 Å². The zero-order valence-electron chi connectivity index (χ0n) is 20.2. The van der Waals surface area contributed by atoms with Crippen molar-refractivity contribution >= 4 is 17.6 Å². The molecule has 0 saturated carbocycles. The van der Waals surface area contributed by atoms with E-state index in [9.17, 15) is 27.9 Å². The minimum atomic E-state index is -5.07. The van der Waals surface area contributed by atoms with Gasteiger partial charge in [-0.05, 0) is 55.0 Å². The third-order valence-electron chi connectivity index (χ3n) is 5.74. The fraction of sp³-hybridized carbons (Fsp3) is 0.308. The number of rotatable bonds is 9. The van der Waals surface area contributed by atoms with Gasteiger partial charge in [-0.25, -0.2) is 4.79 Å². The molecule has 0 aliphatic heterocycles. The molecule has 11 heteroatoms. The zero-order chi connectivity index (χ0) is 27.4. The number of benzene rings is 2. The molecule has 0 fully saturated rings. The highest BCUT2D eigenvalue weighted by Crippen LogP contribution is 2.49. The van der Waals surface area contributed by atoms with Gasteiger partial charge in [-0.1, -0.05) is 24.6 Å². The Morgan fingerprint density at radius 3 is 2.24 bits per heavy atom. The van der Waals surface area contributed by atoms with Crippen LogP contribution < -0.4 is 15.0 Å². The molecule has 0 aliphatic rings. The molecule has 0 bridgehead atoms. The number of aliphatic hydroxyl groups is 1. The highest BCUT2D eigenvalue weighted by Gasteiger charge is 2.59. The molecule has 2 aromatic carbocycles. The summed E-state index contributed by atoms with van der Waals surface area (Å²) in [6.07, 6.45) is -4.11. The maximum Gasteiger partial charge on any atom is 0.422 e. The molecule has 0 amide bonds. The largest absolute Gasteiger partial charge is 0.482 e. The number of hydrogen-bond acceptors (Lipinski definition) is 6. The molecule has 0 aliphatic carbocycles. The molecule has 1 aromatic heterocycles. The van der Waals surface area contributed by atoms with Gasteiger partial charge in [0.05, 0.1) is 6.61 Å². The lowest BCUT2D eigenvalue weighted by molar-refractivity contribution is -0.274. The highest BCUT2D eigenvalue weighted by atomic mass is 35.5. The van der Waals surface area contributed by atoms with Crippen molar-refractivity contribution in [2.75, 3.05) is 13.2 Å². The second-order valence-corrected chi connectivity index (χ2v) is 8.61. The van der Waals surface area contributed by atoms with Crippen molar-refractivity contribution in [2.45, 2.75) is 31.5 Å². The SMILES string of the molecule is CCOC(=O)COc1ccc(Oc2ccc(C(C)C(O)(c3ccc(=O)n(C)c3)C(F)(F)F)c(Cl)c2)cc1. The third kappa shape index (κ3) is 6.26. The average molecular weight is 540 g/mol. The monoisotopic (exact) mass is 539 g/mol. The first-order valence-corrected chi connectivity index (χ1v) is 11.6. The number of halogens is 4.